The number of aliphatic hydroxyl groups excluding tert-OH is 1. The van der Waals surface area contributed by atoms with Crippen LogP contribution in [0.25, 0.3) is 22.0 Å². The predicted octanol–water partition coefficient (Wildman–Crippen LogP) is 7.56. The minimum Gasteiger partial charge on any atom is -0.480 e. The van der Waals surface area contributed by atoms with Gasteiger partial charge in [-0.2, -0.15) is 5.10 Å². The molecule has 2 aromatic heterocycles. The Morgan fingerprint density at radius 2 is 1.65 bits per heavy atom. The molecule has 5 amide bonds. The summed E-state index contributed by atoms with van der Waals surface area (Å²) in [7, 11) is 1.55. The van der Waals surface area contributed by atoms with Crippen LogP contribution in [0.15, 0.2) is 48.7 Å². The third kappa shape index (κ3) is 9.34. The second-order valence-electron chi connectivity index (χ2n) is 20.9. The van der Waals surface area contributed by atoms with Crippen LogP contribution in [0, 0.1) is 28.7 Å². The van der Waals surface area contributed by atoms with Gasteiger partial charge >= 0.3 is 6.03 Å². The molecule has 16 nitrogen and oxygen atoms in total. The van der Waals surface area contributed by atoms with E-state index in [1.165, 1.54) is 15.6 Å². The molecule has 3 aromatic carbocycles. The molecular weight excluding hydrogens is 998 g/mol. The van der Waals surface area contributed by atoms with Crippen LogP contribution in [0.5, 0.6) is 11.6 Å². The van der Waals surface area contributed by atoms with E-state index in [1.54, 1.807) is 7.05 Å². The molecular formula is C54H60ClF4N9O7. The number of aryl methyl sites for hydroxylation is 1. The molecule has 6 heterocycles. The van der Waals surface area contributed by atoms with Gasteiger partial charge in [0.1, 0.15) is 29.5 Å². The number of likely N-dealkylation sites (tertiary alicyclic amines) is 2. The van der Waals surface area contributed by atoms with E-state index in [1.807, 2.05) is 49.1 Å². The Kier molecular flexibility index (Phi) is 14.3. The number of fused-ring (bicyclic) bond motifs is 2. The van der Waals surface area contributed by atoms with Crippen molar-refractivity contribution in [3.8, 4) is 22.8 Å². The van der Waals surface area contributed by atoms with Crippen LogP contribution in [-0.4, -0.2) is 118 Å². The number of amides is 5. The summed E-state index contributed by atoms with van der Waals surface area (Å²) in [6.07, 6.45) is 6.44. The van der Waals surface area contributed by atoms with Crippen molar-refractivity contribution in [1.82, 2.24) is 35.2 Å². The van der Waals surface area contributed by atoms with Crippen molar-refractivity contribution in [3.63, 3.8) is 0 Å². The van der Waals surface area contributed by atoms with Gasteiger partial charge in [0.2, 0.25) is 11.8 Å². The standard InChI is InChI=1S/C54H60ClF4N9O7/c1-29-40-38(26-37(57)44(55)43(40)42-35(48(60)71)27-61-50(46(42)59)74-24-23-69)75-54(29,31-7-5-4-6-8-31)28-62-32-9-16-53(2,17-10-32)51(72)67-20-13-33(14-21-67)66-18-11-30(12-19-66)41-36(56)25-34-47(45(41)58)65(3)64-49(34)68-22-15-39(70)63-52(68)73/h4-8,25-27,29-30,32-33,62,69H,9-24,28H2,1-3H3,(H2,60,71)(H,63,70,73). The van der Waals surface area contributed by atoms with E-state index >= 15 is 17.6 Å². The number of nitrogens with zero attached hydrogens (tertiary/aromatic N) is 6. The van der Waals surface area contributed by atoms with Gasteiger partial charge < -0.3 is 35.4 Å². The summed E-state index contributed by atoms with van der Waals surface area (Å²) in [5.74, 6) is -5.97. The summed E-state index contributed by atoms with van der Waals surface area (Å²) < 4.78 is 78.0. The van der Waals surface area contributed by atoms with E-state index in [-0.39, 0.29) is 89.2 Å². The summed E-state index contributed by atoms with van der Waals surface area (Å²) in [6.45, 7) is 6.00. The van der Waals surface area contributed by atoms with E-state index in [2.05, 4.69) is 25.6 Å². The zero-order valence-electron chi connectivity index (χ0n) is 42.0. The normalized spacial score (nSPS) is 23.9. The highest BCUT2D eigenvalue weighted by molar-refractivity contribution is 6.34. The van der Waals surface area contributed by atoms with Gasteiger partial charge in [-0.3, -0.25) is 29.3 Å². The third-order valence-corrected chi connectivity index (χ3v) is 16.9. The molecule has 21 heteroatoms. The Hall–Kier alpha value is -6.35. The number of primary amides is 1. The maximum atomic E-state index is 16.4. The number of nitrogens with one attached hydrogen (secondary N) is 2. The number of imide groups is 1. The summed E-state index contributed by atoms with van der Waals surface area (Å²) >= 11 is 6.71. The topological polar surface area (TPSA) is 197 Å². The summed E-state index contributed by atoms with van der Waals surface area (Å²) in [5.41, 5.74) is 4.37. The molecule has 5 aliphatic rings. The number of halogens is 5. The molecule has 75 heavy (non-hydrogen) atoms. The summed E-state index contributed by atoms with van der Waals surface area (Å²) in [5, 5.41) is 19.4. The SMILES string of the molecule is CC1c2c(cc(F)c(Cl)c2-c2c(C(N)=O)cnc(OCCO)c2F)OC1(CNC1CCC(C)(C(=O)N2CCC(N3CCC(c4c(F)cc5c(N6CCC(=O)NC6=O)nn(C)c5c4F)CC3)CC2)CC1)c1ccccc1. The number of pyridine rings is 1. The fourth-order valence-corrected chi connectivity index (χ4v) is 12.6. The van der Waals surface area contributed by atoms with Crippen molar-refractivity contribution < 1.29 is 51.3 Å². The molecule has 2 unspecified atom stereocenters. The highest BCUT2D eigenvalue weighted by Gasteiger charge is 2.51. The molecule has 0 bridgehead atoms. The molecule has 5 aromatic rings. The van der Waals surface area contributed by atoms with E-state index in [0.717, 1.165) is 30.7 Å². The maximum Gasteiger partial charge on any atom is 0.329 e. The van der Waals surface area contributed by atoms with E-state index in [9.17, 15) is 24.3 Å². The lowest BCUT2D eigenvalue weighted by molar-refractivity contribution is -0.145. The Balaban J connectivity index is 0.770. The molecule has 1 aliphatic carbocycles. The number of piperidine rings is 2. The predicted molar refractivity (Wildman–Crippen MR) is 271 cm³/mol. The highest BCUT2D eigenvalue weighted by Crippen LogP contribution is 2.57. The molecule has 10 rings (SSSR count). The van der Waals surface area contributed by atoms with Crippen LogP contribution >= 0.6 is 11.6 Å². The van der Waals surface area contributed by atoms with Gasteiger partial charge in [-0.25, -0.2) is 27.3 Å². The zero-order chi connectivity index (χ0) is 53.1. The van der Waals surface area contributed by atoms with E-state index in [0.29, 0.717) is 70.3 Å². The quantitative estimate of drug-likeness (QED) is 0.0850. The Bertz CT molecular complexity index is 3070. The van der Waals surface area contributed by atoms with Gasteiger partial charge in [0.05, 0.1) is 22.6 Å². The fourth-order valence-electron chi connectivity index (χ4n) is 12.4. The molecule has 5 N–H and O–H groups in total. The number of rotatable bonds is 13. The minimum atomic E-state index is -1.16. The lowest BCUT2D eigenvalue weighted by Gasteiger charge is -2.45. The zero-order valence-corrected chi connectivity index (χ0v) is 42.8. The summed E-state index contributed by atoms with van der Waals surface area (Å²) in [4.78, 5) is 60.9. The number of ether oxygens (including phenoxy) is 2. The first-order valence-electron chi connectivity index (χ1n) is 25.7. The third-order valence-electron chi connectivity index (χ3n) is 16.6. The van der Waals surface area contributed by atoms with Gasteiger partial charge in [0, 0.05) is 97.6 Å². The van der Waals surface area contributed by atoms with Gasteiger partial charge in [-0.05, 0) is 82.0 Å². The molecule has 1 saturated carbocycles. The molecule has 398 valence electrons. The largest absolute Gasteiger partial charge is 0.480 e. The average molecular weight is 1060 g/mol. The van der Waals surface area contributed by atoms with Gasteiger partial charge in [0.25, 0.3) is 11.8 Å². The lowest BCUT2D eigenvalue weighted by Crippen LogP contribution is -2.53. The number of aromatic nitrogens is 3. The van der Waals surface area contributed by atoms with Crippen LogP contribution in [0.3, 0.4) is 0 Å². The maximum absolute atomic E-state index is 16.4. The Morgan fingerprint density at radius 3 is 2.32 bits per heavy atom. The van der Waals surface area contributed by atoms with Crippen LogP contribution in [0.4, 0.5) is 28.2 Å². The number of carbonyl (C=O) groups is 4. The smallest absolute Gasteiger partial charge is 0.329 e. The number of benzene rings is 3. The van der Waals surface area contributed by atoms with Crippen LogP contribution in [0.1, 0.15) is 111 Å². The number of anilines is 1. The monoisotopic (exact) mass is 1060 g/mol. The van der Waals surface area contributed by atoms with Gasteiger partial charge in [-0.15, -0.1) is 0 Å². The highest BCUT2D eigenvalue weighted by atomic mass is 35.5. The Morgan fingerprint density at radius 1 is 0.947 bits per heavy atom. The molecule has 4 aliphatic heterocycles. The van der Waals surface area contributed by atoms with Crippen molar-refractivity contribution in [2.24, 2.45) is 18.2 Å². The van der Waals surface area contributed by atoms with E-state index in [4.69, 9.17) is 26.8 Å². The number of carbonyl (C=O) groups excluding carboxylic acids is 4. The summed E-state index contributed by atoms with van der Waals surface area (Å²) in [6, 6.07) is 11.4. The van der Waals surface area contributed by atoms with Crippen LogP contribution in [-0.2, 0) is 22.2 Å². The second kappa shape index (κ2) is 20.6. The van der Waals surface area contributed by atoms with Crippen molar-refractivity contribution in [1.29, 1.82) is 0 Å². The van der Waals surface area contributed by atoms with E-state index < -0.39 is 81.1 Å². The van der Waals surface area contributed by atoms with Crippen molar-refractivity contribution in [2.75, 3.05) is 57.4 Å². The number of aliphatic hydroxyl groups is 1. The van der Waals surface area contributed by atoms with Crippen molar-refractivity contribution in [2.45, 2.75) is 101 Å². The number of urea groups is 1. The van der Waals surface area contributed by atoms with Crippen molar-refractivity contribution in [3.05, 3.63) is 99.2 Å². The van der Waals surface area contributed by atoms with Crippen molar-refractivity contribution >= 4 is 52.1 Å². The molecule has 4 fully saturated rings. The minimum absolute atomic E-state index is 0.00826. The first kappa shape index (κ1) is 52.1. The first-order valence-corrected chi connectivity index (χ1v) is 26.0. The lowest BCUT2D eigenvalue weighted by atomic mass is 9.72. The molecule has 2 atom stereocenters. The number of nitrogens with two attached hydrogens (primary N) is 1. The fraction of sp³-hybridized carbons (Fsp3) is 0.481. The Labute approximate surface area is 435 Å². The van der Waals surface area contributed by atoms with Crippen LogP contribution < -0.4 is 30.7 Å². The van der Waals surface area contributed by atoms with Crippen LogP contribution in [0.2, 0.25) is 5.02 Å². The van der Waals surface area contributed by atoms with Gasteiger partial charge in [0.15, 0.2) is 23.1 Å². The molecule has 0 radical (unpaired) electrons. The van der Waals surface area contributed by atoms with Gasteiger partial charge in [-0.1, -0.05) is 55.8 Å². The number of hydrogen-bond acceptors (Lipinski definition) is 11. The molecule has 0 spiro atoms. The average Bonchev–Trinajstić information content (AvgIpc) is 3.90. The first-order chi connectivity index (χ1) is 35.9. The number of hydrogen-bond donors (Lipinski definition) is 4. The second-order valence-corrected chi connectivity index (χ2v) is 21.3. The molecule has 3 saturated heterocycles.